The number of esters is 2. The molecule has 0 saturated carbocycles. The zero-order valence-corrected chi connectivity index (χ0v) is 30.7. The number of carbonyl (C=O) groups is 2. The maximum absolute atomic E-state index is 12.7. The first-order valence-corrected chi connectivity index (χ1v) is 19.4. The monoisotopic (exact) mass is 698 g/mol. The van der Waals surface area contributed by atoms with Crippen molar-refractivity contribution in [3.8, 4) is 0 Å². The van der Waals surface area contributed by atoms with Gasteiger partial charge < -0.3 is 39.4 Å². The fraction of sp³-hybridized carbons (Fsp3) is 0.846. The zero-order valence-electron chi connectivity index (χ0n) is 30.7. The van der Waals surface area contributed by atoms with Gasteiger partial charge in [0, 0.05) is 12.8 Å². The van der Waals surface area contributed by atoms with Crippen molar-refractivity contribution in [1.29, 1.82) is 0 Å². The van der Waals surface area contributed by atoms with Crippen LogP contribution in [0.1, 0.15) is 155 Å². The third kappa shape index (κ3) is 23.3. The molecular weight excluding hydrogens is 628 g/mol. The second-order valence-corrected chi connectivity index (χ2v) is 13.4. The second kappa shape index (κ2) is 31.0. The Labute approximate surface area is 296 Å². The van der Waals surface area contributed by atoms with Crippen LogP contribution in [-0.2, 0) is 28.5 Å². The SMILES string of the molecule is CCCC/C=C/CCCCCCCC(=O)O[C@@H](COC(=O)CCCCC/C=C/CCCCCCCC)CO[C@H]1O[C@@H](CO)[C@@H](O)C(O)C1O. The average molecular weight is 699 g/mol. The lowest BCUT2D eigenvalue weighted by molar-refractivity contribution is -0.305. The quantitative estimate of drug-likeness (QED) is 0.0339. The molecule has 6 atom stereocenters. The van der Waals surface area contributed by atoms with Crippen molar-refractivity contribution < 1.29 is 49.0 Å². The fourth-order valence-electron chi connectivity index (χ4n) is 5.63. The largest absolute Gasteiger partial charge is 0.462 e. The van der Waals surface area contributed by atoms with Crippen LogP contribution in [0.3, 0.4) is 0 Å². The van der Waals surface area contributed by atoms with Gasteiger partial charge in [0.05, 0.1) is 13.2 Å². The lowest BCUT2D eigenvalue weighted by atomic mass is 9.99. The highest BCUT2D eigenvalue weighted by Crippen LogP contribution is 2.22. The number of carbonyl (C=O) groups excluding carboxylic acids is 2. The molecule has 1 aliphatic rings. The molecule has 0 aromatic rings. The number of unbranched alkanes of at least 4 members (excludes halogenated alkanes) is 16. The molecule has 286 valence electrons. The van der Waals surface area contributed by atoms with Crippen LogP contribution in [0.15, 0.2) is 24.3 Å². The lowest BCUT2D eigenvalue weighted by Gasteiger charge is -2.39. The summed E-state index contributed by atoms with van der Waals surface area (Å²) in [4.78, 5) is 25.1. The third-order valence-electron chi connectivity index (χ3n) is 8.81. The number of hydrogen-bond donors (Lipinski definition) is 4. The molecule has 1 rings (SSSR count). The zero-order chi connectivity index (χ0) is 36.0. The van der Waals surface area contributed by atoms with Gasteiger partial charge in [-0.25, -0.2) is 0 Å². The maximum atomic E-state index is 12.7. The van der Waals surface area contributed by atoms with Gasteiger partial charge in [0.15, 0.2) is 12.4 Å². The van der Waals surface area contributed by atoms with Crippen LogP contribution in [0.2, 0.25) is 0 Å². The molecule has 1 heterocycles. The third-order valence-corrected chi connectivity index (χ3v) is 8.81. The van der Waals surface area contributed by atoms with Crippen molar-refractivity contribution in [3.05, 3.63) is 24.3 Å². The summed E-state index contributed by atoms with van der Waals surface area (Å²) in [6.45, 7) is 3.33. The van der Waals surface area contributed by atoms with E-state index in [0.717, 1.165) is 64.2 Å². The van der Waals surface area contributed by atoms with Crippen LogP contribution in [0.4, 0.5) is 0 Å². The highest BCUT2D eigenvalue weighted by molar-refractivity contribution is 5.70. The van der Waals surface area contributed by atoms with Gasteiger partial charge in [0.1, 0.15) is 31.0 Å². The van der Waals surface area contributed by atoms with E-state index in [1.54, 1.807) is 0 Å². The van der Waals surface area contributed by atoms with Gasteiger partial charge in [-0.1, -0.05) is 109 Å². The van der Waals surface area contributed by atoms with E-state index in [2.05, 4.69) is 38.2 Å². The van der Waals surface area contributed by atoms with Crippen LogP contribution in [0.5, 0.6) is 0 Å². The van der Waals surface area contributed by atoms with E-state index in [-0.39, 0.29) is 26.1 Å². The summed E-state index contributed by atoms with van der Waals surface area (Å²) in [5, 5.41) is 39.9. The number of aliphatic hydroxyl groups is 4. The molecule has 0 radical (unpaired) electrons. The maximum Gasteiger partial charge on any atom is 0.306 e. The molecule has 0 spiro atoms. The van der Waals surface area contributed by atoms with Gasteiger partial charge in [0.2, 0.25) is 0 Å². The number of aliphatic hydroxyl groups excluding tert-OH is 4. The Hall–Kier alpha value is -1.82. The smallest absolute Gasteiger partial charge is 0.306 e. The molecular formula is C39H70O10. The molecule has 0 aliphatic carbocycles. The van der Waals surface area contributed by atoms with Gasteiger partial charge in [-0.2, -0.15) is 0 Å². The standard InChI is InChI=1S/C39H70O10/c1-3-5-7-9-11-13-15-16-18-19-21-23-25-27-34(41)46-30-32(31-47-39-38(45)37(44)36(43)33(29-40)49-39)48-35(42)28-26-24-22-20-17-14-12-10-8-6-4-2/h10,12,16,18,32-33,36-40,43-45H,3-9,11,13-15,17,19-31H2,1-2H3/b12-10+,18-16+/t32-,33-,36+,37?,38?,39-/m0/s1. The summed E-state index contributed by atoms with van der Waals surface area (Å²) in [6, 6.07) is 0. The average Bonchev–Trinajstić information content (AvgIpc) is 3.10. The highest BCUT2D eigenvalue weighted by atomic mass is 16.7. The van der Waals surface area contributed by atoms with E-state index >= 15 is 0 Å². The molecule has 0 amide bonds. The number of ether oxygens (including phenoxy) is 4. The van der Waals surface area contributed by atoms with Gasteiger partial charge in [0.25, 0.3) is 0 Å². The topological polar surface area (TPSA) is 152 Å². The first-order valence-electron chi connectivity index (χ1n) is 19.4. The number of hydrogen-bond acceptors (Lipinski definition) is 10. The van der Waals surface area contributed by atoms with Crippen LogP contribution in [0.25, 0.3) is 0 Å². The van der Waals surface area contributed by atoms with E-state index in [9.17, 15) is 30.0 Å². The fourth-order valence-corrected chi connectivity index (χ4v) is 5.63. The summed E-state index contributed by atoms with van der Waals surface area (Å²) in [5.74, 6) is -0.838. The Kier molecular flexibility index (Phi) is 28.6. The van der Waals surface area contributed by atoms with E-state index in [1.165, 1.54) is 51.4 Å². The molecule has 10 heteroatoms. The van der Waals surface area contributed by atoms with E-state index in [1.807, 2.05) is 0 Å². The minimum absolute atomic E-state index is 0.217. The van der Waals surface area contributed by atoms with Gasteiger partial charge in [-0.3, -0.25) is 9.59 Å². The summed E-state index contributed by atoms with van der Waals surface area (Å²) in [6.07, 6.45) is 23.4. The van der Waals surface area contributed by atoms with E-state index in [0.29, 0.717) is 12.8 Å². The summed E-state index contributed by atoms with van der Waals surface area (Å²) in [7, 11) is 0. The molecule has 10 nitrogen and oxygen atoms in total. The van der Waals surface area contributed by atoms with Crippen LogP contribution in [0, 0.1) is 0 Å². The summed E-state index contributed by atoms with van der Waals surface area (Å²) < 4.78 is 22.0. The van der Waals surface area contributed by atoms with Crippen LogP contribution < -0.4 is 0 Å². The highest BCUT2D eigenvalue weighted by Gasteiger charge is 2.44. The molecule has 0 bridgehead atoms. The van der Waals surface area contributed by atoms with Crippen molar-refractivity contribution >= 4 is 11.9 Å². The lowest BCUT2D eigenvalue weighted by Crippen LogP contribution is -2.59. The minimum atomic E-state index is -1.59. The first-order chi connectivity index (χ1) is 23.8. The van der Waals surface area contributed by atoms with Crippen molar-refractivity contribution in [2.75, 3.05) is 19.8 Å². The molecule has 1 fully saturated rings. The van der Waals surface area contributed by atoms with E-state index < -0.39 is 55.4 Å². The van der Waals surface area contributed by atoms with Crippen LogP contribution in [-0.4, -0.2) is 89.0 Å². The summed E-state index contributed by atoms with van der Waals surface area (Å²) in [5.41, 5.74) is 0. The van der Waals surface area contributed by atoms with Crippen molar-refractivity contribution in [1.82, 2.24) is 0 Å². The Balaban J connectivity index is 2.42. The first kappa shape index (κ1) is 45.2. The van der Waals surface area contributed by atoms with Gasteiger partial charge in [-0.15, -0.1) is 0 Å². The van der Waals surface area contributed by atoms with Gasteiger partial charge >= 0.3 is 11.9 Å². The molecule has 2 unspecified atom stereocenters. The Bertz CT molecular complexity index is 861. The molecule has 1 aliphatic heterocycles. The Morgan fingerprint density at radius 2 is 1.10 bits per heavy atom. The number of rotatable bonds is 31. The second-order valence-electron chi connectivity index (χ2n) is 13.4. The predicted octanol–water partition coefficient (Wildman–Crippen LogP) is 6.99. The van der Waals surface area contributed by atoms with Gasteiger partial charge in [-0.05, 0) is 57.8 Å². The van der Waals surface area contributed by atoms with Crippen LogP contribution >= 0.6 is 0 Å². The molecule has 49 heavy (non-hydrogen) atoms. The minimum Gasteiger partial charge on any atom is -0.462 e. The Morgan fingerprint density at radius 3 is 1.67 bits per heavy atom. The molecule has 1 saturated heterocycles. The molecule has 0 aromatic carbocycles. The number of allylic oxidation sites excluding steroid dienone is 4. The molecule has 4 N–H and O–H groups in total. The van der Waals surface area contributed by atoms with E-state index in [4.69, 9.17) is 18.9 Å². The predicted molar refractivity (Wildman–Crippen MR) is 192 cm³/mol. The van der Waals surface area contributed by atoms with Crippen molar-refractivity contribution in [3.63, 3.8) is 0 Å². The normalized spacial score (nSPS) is 21.8. The van der Waals surface area contributed by atoms with Crippen molar-refractivity contribution in [2.45, 2.75) is 192 Å². The summed E-state index contributed by atoms with van der Waals surface area (Å²) >= 11 is 0. The molecule has 0 aromatic heterocycles. The Morgan fingerprint density at radius 1 is 0.612 bits per heavy atom. The van der Waals surface area contributed by atoms with Crippen molar-refractivity contribution in [2.24, 2.45) is 0 Å².